The van der Waals surface area contributed by atoms with Gasteiger partial charge >= 0.3 is 12.7 Å². The molecule has 464 valence electrons. The Balaban J connectivity index is 0.000000146. The fraction of sp³-hybridized carbons (Fsp3) is 0.231. The number of rotatable bonds is 12. The third-order valence-corrected chi connectivity index (χ3v) is 15.3. The number of hydrogen-bond acceptors (Lipinski definition) is 17. The summed E-state index contributed by atoms with van der Waals surface area (Å²) in [6.07, 6.45) is 9.83. The first-order valence-electron chi connectivity index (χ1n) is 28.9. The minimum absolute atomic E-state index is 0.0692. The first-order chi connectivity index (χ1) is 44.0. The summed E-state index contributed by atoms with van der Waals surface area (Å²) in [5.74, 6) is -0.175. The summed E-state index contributed by atoms with van der Waals surface area (Å²) in [5, 5.41) is 9.53. The van der Waals surface area contributed by atoms with Crippen LogP contribution in [-0.2, 0) is 15.9 Å². The number of nitrogens with one attached hydrogen (secondary N) is 2. The monoisotopic (exact) mass is 1240 g/mol. The molecule has 2 aliphatic heterocycles. The van der Waals surface area contributed by atoms with Crippen molar-refractivity contribution in [2.45, 2.75) is 84.0 Å². The van der Waals surface area contributed by atoms with Gasteiger partial charge in [0.25, 0.3) is 0 Å². The molecule has 0 aliphatic carbocycles. The number of imidazole rings is 2. The van der Waals surface area contributed by atoms with Crippen molar-refractivity contribution in [2.75, 3.05) is 29.6 Å². The lowest BCUT2D eigenvalue weighted by Gasteiger charge is -2.23. The standard InChI is InChI=1S/C33H28F3N7O2.C17H14F3N3O.C15H14FN5O/c1-20-10-11-24-23(12-14-38-31(24)42-21-6-4-7-22(16-21)45-33(34,35)36)26(20)17-27-25(8-5-13-37-27)29-30-32(40-18-39-29)43(19-41-30)28-9-2-3-15-44-28;1-10-5-6-14-13(15(10)21)7-8-22-16(14)23-11-3-2-4-12(9-11)24-17(18,19)20;16-14-10(4-3-6-17-14)12-13-15(19-8-18-12)21(9-20-13)11-5-1-2-7-22-11/h4-8,10-14,16,18-19,28H,2-3,9,15,17H2,1H3,(H,38,42);2-9H,21H2,1H3,(H,22,23);3-4,6,8-9,11H,1-2,5,7H2. The van der Waals surface area contributed by atoms with Crippen LogP contribution in [0.1, 0.15) is 73.4 Å². The molecule has 8 aromatic heterocycles. The molecule has 2 aliphatic rings. The van der Waals surface area contributed by atoms with E-state index in [4.69, 9.17) is 25.2 Å². The fourth-order valence-corrected chi connectivity index (χ4v) is 11.0. The number of hydrogen-bond donors (Lipinski definition) is 3. The van der Waals surface area contributed by atoms with Gasteiger partial charge in [0.2, 0.25) is 5.95 Å². The minimum Gasteiger partial charge on any atom is -0.406 e. The molecule has 2 unspecified atom stereocenters. The minimum atomic E-state index is -4.78. The maximum absolute atomic E-state index is 13.9. The number of benzene rings is 4. The molecule has 12 aromatic rings. The van der Waals surface area contributed by atoms with E-state index in [1.807, 2.05) is 65.4 Å². The highest BCUT2D eigenvalue weighted by Crippen LogP contribution is 2.37. The fourth-order valence-electron chi connectivity index (χ4n) is 11.0. The van der Waals surface area contributed by atoms with E-state index in [0.717, 1.165) is 100 Å². The highest BCUT2D eigenvalue weighted by atomic mass is 19.4. The Hall–Kier alpha value is -10.5. The van der Waals surface area contributed by atoms with Crippen molar-refractivity contribution in [3.05, 3.63) is 188 Å². The van der Waals surface area contributed by atoms with Gasteiger partial charge in [-0.05, 0) is 135 Å². The van der Waals surface area contributed by atoms with Gasteiger partial charge in [0.05, 0.1) is 23.9 Å². The third kappa shape index (κ3) is 13.9. The van der Waals surface area contributed by atoms with Gasteiger partial charge in [-0.15, -0.1) is 26.3 Å². The summed E-state index contributed by atoms with van der Waals surface area (Å²) < 4.78 is 113. The quantitative estimate of drug-likeness (QED) is 0.0587. The summed E-state index contributed by atoms with van der Waals surface area (Å²) in [7, 11) is 0. The Morgan fingerprint density at radius 3 is 1.58 bits per heavy atom. The topological polar surface area (TPSA) is 226 Å². The second-order valence-corrected chi connectivity index (χ2v) is 21.3. The number of nitrogens with zero attached hydrogens (tertiary/aromatic N) is 12. The molecule has 2 fully saturated rings. The maximum atomic E-state index is 13.9. The van der Waals surface area contributed by atoms with Crippen LogP contribution >= 0.6 is 0 Å². The second kappa shape index (κ2) is 26.3. The Bertz CT molecular complexity index is 4570. The normalized spacial score (nSPS) is 15.2. The van der Waals surface area contributed by atoms with Gasteiger partial charge in [0.15, 0.2) is 11.3 Å². The molecule has 10 heterocycles. The van der Waals surface area contributed by atoms with Gasteiger partial charge < -0.3 is 35.3 Å². The van der Waals surface area contributed by atoms with Crippen molar-refractivity contribution < 1.29 is 49.7 Å². The van der Waals surface area contributed by atoms with Crippen molar-refractivity contribution in [3.8, 4) is 34.0 Å². The van der Waals surface area contributed by atoms with Crippen molar-refractivity contribution in [2.24, 2.45) is 0 Å². The van der Waals surface area contributed by atoms with E-state index in [2.05, 4.69) is 60.0 Å². The number of nitrogens with two attached hydrogens (primary N) is 1. The number of halogens is 7. The van der Waals surface area contributed by atoms with Gasteiger partial charge in [-0.25, -0.2) is 44.9 Å². The number of aromatic nitrogens is 12. The van der Waals surface area contributed by atoms with Crippen molar-refractivity contribution in [1.29, 1.82) is 0 Å². The van der Waals surface area contributed by atoms with Crippen LogP contribution < -0.4 is 25.8 Å². The molecule has 0 amide bonds. The van der Waals surface area contributed by atoms with Crippen LogP contribution in [0.3, 0.4) is 0 Å². The van der Waals surface area contributed by atoms with Crippen molar-refractivity contribution >= 4 is 72.6 Å². The molecule has 0 spiro atoms. The van der Waals surface area contributed by atoms with E-state index in [0.29, 0.717) is 75.4 Å². The van der Waals surface area contributed by atoms with E-state index in [9.17, 15) is 30.7 Å². The zero-order valence-corrected chi connectivity index (χ0v) is 48.8. The van der Waals surface area contributed by atoms with Crippen molar-refractivity contribution in [3.63, 3.8) is 0 Å². The van der Waals surface area contributed by atoms with E-state index >= 15 is 0 Å². The van der Waals surface area contributed by atoms with Crippen LogP contribution in [0.5, 0.6) is 11.5 Å². The largest absolute Gasteiger partial charge is 0.573 e. The van der Waals surface area contributed by atoms with Crippen LogP contribution in [0.4, 0.5) is 59.4 Å². The van der Waals surface area contributed by atoms with Gasteiger partial charge in [-0.1, -0.05) is 36.4 Å². The number of aryl methyl sites for hydroxylation is 2. The number of pyridine rings is 4. The average Bonchev–Trinajstić information content (AvgIpc) is 1.85. The van der Waals surface area contributed by atoms with Gasteiger partial charge in [0, 0.05) is 95.3 Å². The Kier molecular flexibility index (Phi) is 17.6. The average molecular weight is 1240 g/mol. The molecule has 4 aromatic carbocycles. The number of anilines is 5. The predicted molar refractivity (Wildman–Crippen MR) is 328 cm³/mol. The summed E-state index contributed by atoms with van der Waals surface area (Å²) in [5.41, 5.74) is 16.4. The van der Waals surface area contributed by atoms with E-state index in [1.54, 1.807) is 67.9 Å². The zero-order valence-electron chi connectivity index (χ0n) is 48.8. The molecule has 19 nitrogen and oxygen atoms in total. The lowest BCUT2D eigenvalue weighted by Crippen LogP contribution is -2.17. The van der Waals surface area contributed by atoms with Crippen LogP contribution in [-0.4, -0.2) is 84.9 Å². The first kappa shape index (κ1) is 60.8. The van der Waals surface area contributed by atoms with Crippen LogP contribution in [0, 0.1) is 19.8 Å². The van der Waals surface area contributed by atoms with Gasteiger partial charge in [-0.3, -0.25) is 14.1 Å². The maximum Gasteiger partial charge on any atom is 0.573 e. The smallest absolute Gasteiger partial charge is 0.406 e. The van der Waals surface area contributed by atoms with E-state index in [-0.39, 0.29) is 24.0 Å². The van der Waals surface area contributed by atoms with Gasteiger partial charge in [0.1, 0.15) is 70.7 Å². The molecule has 14 rings (SSSR count). The second-order valence-electron chi connectivity index (χ2n) is 21.3. The van der Waals surface area contributed by atoms with Crippen LogP contribution in [0.25, 0.3) is 66.4 Å². The lowest BCUT2D eigenvalue weighted by atomic mass is 9.94. The summed E-state index contributed by atoms with van der Waals surface area (Å²) in [4.78, 5) is 44.0. The van der Waals surface area contributed by atoms with Gasteiger partial charge in [-0.2, -0.15) is 4.39 Å². The Morgan fingerprint density at radius 1 is 0.527 bits per heavy atom. The number of ether oxygens (including phenoxy) is 4. The Morgan fingerprint density at radius 2 is 1.04 bits per heavy atom. The zero-order chi connectivity index (χ0) is 63.2. The molecule has 26 heteroatoms. The molecule has 4 N–H and O–H groups in total. The highest BCUT2D eigenvalue weighted by molar-refractivity contribution is 6.01. The first-order valence-corrected chi connectivity index (χ1v) is 28.9. The molecule has 0 bridgehead atoms. The SMILES string of the molecule is Cc1ccc2c(Nc3cccc(OC(F)(F)F)c3)nccc2c1Cc1ncccc1-c1ncnc2c1ncn2C1CCCCO1.Cc1ccc2c(Nc3cccc(OC(F)(F)F)c3)nccc2c1N.Fc1ncccc1-c1ncnc2c1ncn2C1CCCCO1. The molecule has 2 atom stereocenters. The van der Waals surface area contributed by atoms with Crippen LogP contribution in [0.2, 0.25) is 0 Å². The third-order valence-electron chi connectivity index (χ3n) is 15.3. The molecule has 0 saturated carbocycles. The number of fused-ring (bicyclic) bond motifs is 4. The number of nitrogen functional groups attached to an aromatic ring is 1. The summed E-state index contributed by atoms with van der Waals surface area (Å²) in [6, 6.07) is 29.9. The van der Waals surface area contributed by atoms with Crippen molar-refractivity contribution in [1.82, 2.24) is 59.0 Å². The summed E-state index contributed by atoms with van der Waals surface area (Å²) in [6.45, 7) is 5.39. The molecule has 91 heavy (non-hydrogen) atoms. The molecule has 0 radical (unpaired) electrons. The van der Waals surface area contributed by atoms with Crippen LogP contribution in [0.15, 0.2) is 159 Å². The lowest BCUT2D eigenvalue weighted by molar-refractivity contribution is -0.275. The van der Waals surface area contributed by atoms with E-state index in [1.165, 1.54) is 48.9 Å². The predicted octanol–water partition coefficient (Wildman–Crippen LogP) is 15.2. The molecule has 2 saturated heterocycles. The highest BCUT2D eigenvalue weighted by Gasteiger charge is 2.32. The van der Waals surface area contributed by atoms with E-state index < -0.39 is 18.7 Å². The molecular formula is C65H56F7N15O4. The molecular weight excluding hydrogens is 1190 g/mol. The number of alkyl halides is 6. The summed E-state index contributed by atoms with van der Waals surface area (Å²) >= 11 is 0. The Labute approximate surface area is 514 Å².